The van der Waals surface area contributed by atoms with Crippen molar-refractivity contribution < 1.29 is 19.6 Å². The molecule has 38 heavy (non-hydrogen) atoms. The minimum atomic E-state index is -0.785. The number of nitro benzene ring substituents is 3. The Morgan fingerprint density at radius 3 is 1.47 bits per heavy atom. The van der Waals surface area contributed by atoms with E-state index in [1.807, 2.05) is 0 Å². The lowest BCUT2D eigenvalue weighted by atomic mass is 10.1. The first-order valence-corrected chi connectivity index (χ1v) is 10.8. The molecule has 3 aromatic carbocycles. The van der Waals surface area contributed by atoms with Gasteiger partial charge in [0.1, 0.15) is 22.2 Å². The molecule has 3 rings (SSSR count). The number of carbonyl (C=O) groups is 1. The van der Waals surface area contributed by atoms with Crippen LogP contribution in [0.25, 0.3) is 0 Å². The zero-order valence-corrected chi connectivity index (χ0v) is 21.2. The van der Waals surface area contributed by atoms with E-state index < -0.39 is 20.7 Å². The summed E-state index contributed by atoms with van der Waals surface area (Å²) in [7, 11) is 0. The van der Waals surface area contributed by atoms with Crippen molar-refractivity contribution in [3.05, 3.63) is 118 Å². The zero-order chi connectivity index (χ0) is 29.2. The number of rotatable bonds is 5. The third kappa shape index (κ3) is 8.73. The molecule has 1 amide bonds. The SMILES string of the molecule is Cc1ccc(C#N)c([N+](=O)[O-])c1.Cc1ccc(C(N)=O)c([N+](=O)[O-])c1.Cc1ccc(C(N)=S)c([N+](=O)[O-])c1. The van der Waals surface area contributed by atoms with Crippen molar-refractivity contribution in [2.75, 3.05) is 0 Å². The Morgan fingerprint density at radius 1 is 0.737 bits per heavy atom. The van der Waals surface area contributed by atoms with Crippen LogP contribution in [0.2, 0.25) is 0 Å². The highest BCUT2D eigenvalue weighted by atomic mass is 32.1. The third-order valence-electron chi connectivity index (χ3n) is 4.70. The summed E-state index contributed by atoms with van der Waals surface area (Å²) in [5.41, 5.74) is 12.5. The van der Waals surface area contributed by atoms with E-state index in [1.54, 1.807) is 51.1 Å². The topological polar surface area (TPSA) is 222 Å². The maximum Gasteiger partial charge on any atom is 0.287 e. The minimum Gasteiger partial charge on any atom is -0.389 e. The average Bonchev–Trinajstić information content (AvgIpc) is 2.84. The molecule has 13 nitrogen and oxygen atoms in total. The first-order valence-electron chi connectivity index (χ1n) is 10.4. The molecule has 0 spiro atoms. The normalized spacial score (nSPS) is 9.42. The fourth-order valence-electron chi connectivity index (χ4n) is 2.89. The molecule has 0 aromatic heterocycles. The van der Waals surface area contributed by atoms with Gasteiger partial charge in [0, 0.05) is 18.2 Å². The second-order valence-electron chi connectivity index (χ2n) is 7.67. The highest BCUT2D eigenvalue weighted by molar-refractivity contribution is 7.80. The van der Waals surface area contributed by atoms with E-state index in [2.05, 4.69) is 12.2 Å². The lowest BCUT2D eigenvalue weighted by molar-refractivity contribution is -0.385. The van der Waals surface area contributed by atoms with Crippen LogP contribution in [0, 0.1) is 62.4 Å². The van der Waals surface area contributed by atoms with Crippen LogP contribution >= 0.6 is 12.2 Å². The largest absolute Gasteiger partial charge is 0.389 e. The van der Waals surface area contributed by atoms with Gasteiger partial charge in [0.25, 0.3) is 23.0 Å². The number of nitriles is 1. The van der Waals surface area contributed by atoms with E-state index >= 15 is 0 Å². The van der Waals surface area contributed by atoms with Crippen molar-refractivity contribution in [1.29, 1.82) is 5.26 Å². The van der Waals surface area contributed by atoms with Crippen LogP contribution in [0.1, 0.15) is 38.2 Å². The standard InChI is InChI=1S/C8H8N2O3.C8H8N2O2S.C8H6N2O2/c1-5-2-3-6(8(9)11)7(4-5)10(12)13;1-5-2-3-6(8(9)13)7(4-5)10(11)12;1-6-2-3-7(5-9)8(4-6)10(11)12/h2-4H,1H3,(H2,9,11);2-4H,1H3,(H2,9,13);2-4H,1H3. The molecule has 0 fully saturated rings. The third-order valence-corrected chi connectivity index (χ3v) is 4.92. The molecule has 0 atom stereocenters. The van der Waals surface area contributed by atoms with Crippen molar-refractivity contribution in [3.63, 3.8) is 0 Å². The van der Waals surface area contributed by atoms with Crippen LogP contribution in [0.4, 0.5) is 17.1 Å². The maximum absolute atomic E-state index is 10.8. The number of aryl methyl sites for hydroxylation is 3. The van der Waals surface area contributed by atoms with E-state index in [4.69, 9.17) is 16.7 Å². The van der Waals surface area contributed by atoms with Crippen LogP contribution in [0.3, 0.4) is 0 Å². The van der Waals surface area contributed by atoms with Crippen molar-refractivity contribution >= 4 is 40.2 Å². The molecule has 0 radical (unpaired) electrons. The Bertz CT molecular complexity index is 1390. The molecule has 0 heterocycles. The quantitative estimate of drug-likeness (QED) is 0.266. The van der Waals surface area contributed by atoms with Gasteiger partial charge in [-0.1, -0.05) is 30.4 Å². The number of nitrogens with zero attached hydrogens (tertiary/aromatic N) is 4. The van der Waals surface area contributed by atoms with Crippen LogP contribution in [0.15, 0.2) is 54.6 Å². The molecule has 4 N–H and O–H groups in total. The summed E-state index contributed by atoms with van der Waals surface area (Å²) in [6.07, 6.45) is 0. The fourth-order valence-corrected chi connectivity index (χ4v) is 3.06. The van der Waals surface area contributed by atoms with Crippen molar-refractivity contribution in [3.8, 4) is 6.07 Å². The highest BCUT2D eigenvalue weighted by Gasteiger charge is 2.17. The summed E-state index contributed by atoms with van der Waals surface area (Å²) in [5.74, 6) is -0.785. The predicted octanol–water partition coefficient (Wildman–Crippen LogP) is 4.31. The van der Waals surface area contributed by atoms with Gasteiger partial charge in [-0.05, 0) is 55.7 Å². The van der Waals surface area contributed by atoms with Gasteiger partial charge in [-0.2, -0.15) is 5.26 Å². The Balaban J connectivity index is 0.000000285. The second kappa shape index (κ2) is 13.7. The number of hydrogen-bond donors (Lipinski definition) is 2. The Morgan fingerprint density at radius 2 is 1.11 bits per heavy atom. The minimum absolute atomic E-state index is 0.0347. The summed E-state index contributed by atoms with van der Waals surface area (Å²) < 4.78 is 0. The zero-order valence-electron chi connectivity index (χ0n) is 20.4. The van der Waals surface area contributed by atoms with E-state index in [-0.39, 0.29) is 33.2 Å². The van der Waals surface area contributed by atoms with Crippen LogP contribution in [0.5, 0.6) is 0 Å². The molecular formula is C24H22N6O7S. The molecule has 0 unspecified atom stereocenters. The number of thiocarbonyl (C=S) groups is 1. The van der Waals surface area contributed by atoms with Crippen molar-refractivity contribution in [1.82, 2.24) is 0 Å². The van der Waals surface area contributed by atoms with Crippen molar-refractivity contribution in [2.45, 2.75) is 20.8 Å². The highest BCUT2D eigenvalue weighted by Crippen LogP contribution is 2.21. The molecule has 0 aliphatic heterocycles. The van der Waals surface area contributed by atoms with Gasteiger partial charge in [-0.25, -0.2) is 0 Å². The van der Waals surface area contributed by atoms with Crippen LogP contribution in [-0.4, -0.2) is 25.7 Å². The molecule has 3 aromatic rings. The van der Waals surface area contributed by atoms with Gasteiger partial charge in [-0.15, -0.1) is 0 Å². The van der Waals surface area contributed by atoms with Gasteiger partial charge < -0.3 is 11.5 Å². The smallest absolute Gasteiger partial charge is 0.287 e. The molecule has 0 saturated heterocycles. The number of hydrogen-bond acceptors (Lipinski definition) is 9. The predicted molar refractivity (Wildman–Crippen MR) is 143 cm³/mol. The van der Waals surface area contributed by atoms with Crippen LogP contribution in [-0.2, 0) is 0 Å². The summed E-state index contributed by atoms with van der Waals surface area (Å²) >= 11 is 4.69. The Kier molecular flexibility index (Phi) is 11.1. The van der Waals surface area contributed by atoms with Crippen molar-refractivity contribution in [2.24, 2.45) is 11.5 Å². The molecule has 196 valence electrons. The van der Waals surface area contributed by atoms with Gasteiger partial charge in [0.05, 0.1) is 20.3 Å². The monoisotopic (exact) mass is 538 g/mol. The summed E-state index contributed by atoms with van der Waals surface area (Å²) in [4.78, 5) is 40.6. The first kappa shape index (κ1) is 30.7. The molecular weight excluding hydrogens is 516 g/mol. The summed E-state index contributed by atoms with van der Waals surface area (Å²) in [6, 6.07) is 15.3. The van der Waals surface area contributed by atoms with E-state index in [0.29, 0.717) is 5.56 Å². The molecule has 0 bridgehead atoms. The molecule has 0 aliphatic rings. The lowest BCUT2D eigenvalue weighted by Gasteiger charge is -2.00. The Labute approximate surface area is 221 Å². The Hall–Kier alpha value is -5.29. The van der Waals surface area contributed by atoms with E-state index in [9.17, 15) is 35.1 Å². The number of primary amides is 1. The van der Waals surface area contributed by atoms with Gasteiger partial charge >= 0.3 is 0 Å². The number of nitro groups is 3. The van der Waals surface area contributed by atoms with Gasteiger partial charge in [0.2, 0.25) is 0 Å². The second-order valence-corrected chi connectivity index (χ2v) is 8.11. The first-order chi connectivity index (χ1) is 17.7. The fraction of sp³-hybridized carbons (Fsp3) is 0.125. The van der Waals surface area contributed by atoms with E-state index in [1.165, 1.54) is 30.3 Å². The number of amides is 1. The number of carbonyl (C=O) groups excluding carboxylic acids is 1. The van der Waals surface area contributed by atoms with Gasteiger partial charge in [0.15, 0.2) is 0 Å². The average molecular weight is 539 g/mol. The number of benzene rings is 3. The van der Waals surface area contributed by atoms with Crippen LogP contribution < -0.4 is 11.5 Å². The molecule has 0 aliphatic carbocycles. The van der Waals surface area contributed by atoms with Gasteiger partial charge in [-0.3, -0.25) is 35.1 Å². The summed E-state index contributed by atoms with van der Waals surface area (Å²) in [5, 5.41) is 39.9. The van der Waals surface area contributed by atoms with E-state index in [0.717, 1.165) is 16.7 Å². The lowest BCUT2D eigenvalue weighted by Crippen LogP contribution is -2.13. The maximum atomic E-state index is 10.8. The molecule has 0 saturated carbocycles. The summed E-state index contributed by atoms with van der Waals surface area (Å²) in [6.45, 7) is 5.22. The molecule has 14 heteroatoms. The number of nitrogens with two attached hydrogens (primary N) is 2.